The van der Waals surface area contributed by atoms with Crippen LogP contribution in [-0.4, -0.2) is 31.6 Å². The van der Waals surface area contributed by atoms with Crippen molar-refractivity contribution in [3.63, 3.8) is 0 Å². The van der Waals surface area contributed by atoms with Crippen molar-refractivity contribution in [2.45, 2.75) is 25.3 Å². The number of hydrogen-bond donors (Lipinski definition) is 1. The number of esters is 1. The lowest BCUT2D eigenvalue weighted by Crippen LogP contribution is -2.33. The first kappa shape index (κ1) is 22.2. The van der Waals surface area contributed by atoms with E-state index in [2.05, 4.69) is 5.32 Å². The summed E-state index contributed by atoms with van der Waals surface area (Å²) in [5.74, 6) is -0.507. The van der Waals surface area contributed by atoms with Crippen LogP contribution in [0.4, 0.5) is 0 Å². The second-order valence-electron chi connectivity index (χ2n) is 7.03. The highest BCUT2D eigenvalue weighted by Crippen LogP contribution is 2.36. The van der Waals surface area contributed by atoms with Gasteiger partial charge in [0.15, 0.2) is 0 Å². The molecule has 0 heterocycles. The Hall–Kier alpha value is -2.50. The van der Waals surface area contributed by atoms with Gasteiger partial charge in [-0.3, -0.25) is 9.59 Å². The molecule has 1 N–H and O–H groups in total. The Labute approximate surface area is 186 Å². The molecule has 0 aromatic heterocycles. The molecule has 0 spiro atoms. The van der Waals surface area contributed by atoms with Crippen LogP contribution >= 0.6 is 23.2 Å². The second-order valence-corrected chi connectivity index (χ2v) is 7.90. The van der Waals surface area contributed by atoms with E-state index in [0.29, 0.717) is 34.4 Å². The normalized spacial score (nSPS) is 18.7. The summed E-state index contributed by atoms with van der Waals surface area (Å²) in [6, 6.07) is 11.9. The van der Waals surface area contributed by atoms with E-state index in [0.717, 1.165) is 5.56 Å². The Morgan fingerprint density at radius 2 is 1.87 bits per heavy atom. The van der Waals surface area contributed by atoms with Gasteiger partial charge in [0, 0.05) is 21.7 Å². The zero-order chi connectivity index (χ0) is 21.7. The minimum atomic E-state index is -0.487. The van der Waals surface area contributed by atoms with Crippen molar-refractivity contribution in [3.8, 4) is 5.75 Å². The van der Waals surface area contributed by atoms with E-state index in [1.54, 1.807) is 32.2 Å². The van der Waals surface area contributed by atoms with Crippen molar-refractivity contribution in [1.82, 2.24) is 5.32 Å². The van der Waals surface area contributed by atoms with Crippen molar-refractivity contribution in [1.29, 1.82) is 0 Å². The van der Waals surface area contributed by atoms with Crippen molar-refractivity contribution >= 4 is 35.1 Å². The summed E-state index contributed by atoms with van der Waals surface area (Å²) in [6.45, 7) is 2.08. The van der Waals surface area contributed by atoms with E-state index >= 15 is 0 Å². The standard InChI is InChI=1S/C23H23Cl2NO4/c1-3-30-23(28)21(14-5-4-6-20(12-14)29-2)15-7-8-19(11-15)26-22(27)16-9-17(24)13-18(25)10-16/h4-10,12-13,15,19,21H,3,11H2,1-2H3,(H,26,27)/t15-,19+,21-/m1/s1. The maximum absolute atomic E-state index is 12.7. The number of allylic oxidation sites excluding steroid dienone is 1. The van der Waals surface area contributed by atoms with E-state index in [1.807, 2.05) is 36.4 Å². The van der Waals surface area contributed by atoms with Gasteiger partial charge in [-0.25, -0.2) is 0 Å². The van der Waals surface area contributed by atoms with Crippen LogP contribution in [0, 0.1) is 5.92 Å². The molecule has 5 nitrogen and oxygen atoms in total. The Bertz CT molecular complexity index is 940. The van der Waals surface area contributed by atoms with Crippen LogP contribution in [-0.2, 0) is 9.53 Å². The molecule has 0 saturated heterocycles. The number of amides is 1. The smallest absolute Gasteiger partial charge is 0.314 e. The van der Waals surface area contributed by atoms with Gasteiger partial charge in [-0.1, -0.05) is 47.5 Å². The zero-order valence-corrected chi connectivity index (χ0v) is 18.2. The van der Waals surface area contributed by atoms with Crippen LogP contribution < -0.4 is 10.1 Å². The maximum Gasteiger partial charge on any atom is 0.314 e. The highest BCUT2D eigenvalue weighted by molar-refractivity contribution is 6.35. The summed E-state index contributed by atoms with van der Waals surface area (Å²) < 4.78 is 10.6. The fraction of sp³-hybridized carbons (Fsp3) is 0.304. The summed E-state index contributed by atoms with van der Waals surface area (Å²) in [5.41, 5.74) is 1.20. The maximum atomic E-state index is 12.7. The number of carbonyl (C=O) groups excluding carboxylic acids is 2. The van der Waals surface area contributed by atoms with Crippen LogP contribution in [0.25, 0.3) is 0 Å². The van der Waals surface area contributed by atoms with Crippen LogP contribution in [0.15, 0.2) is 54.6 Å². The topological polar surface area (TPSA) is 64.6 Å². The molecule has 0 saturated carbocycles. The first-order chi connectivity index (χ1) is 14.4. The molecule has 0 unspecified atom stereocenters. The predicted octanol–water partition coefficient (Wildman–Crippen LogP) is 5.02. The highest BCUT2D eigenvalue weighted by Gasteiger charge is 2.34. The summed E-state index contributed by atoms with van der Waals surface area (Å²) in [7, 11) is 1.58. The second kappa shape index (κ2) is 10.0. The van der Waals surface area contributed by atoms with Gasteiger partial charge in [0.25, 0.3) is 5.91 Å². The fourth-order valence-corrected chi connectivity index (χ4v) is 4.17. The third kappa shape index (κ3) is 5.35. The van der Waals surface area contributed by atoms with Crippen LogP contribution in [0.1, 0.15) is 35.2 Å². The number of carbonyl (C=O) groups is 2. The molecular weight excluding hydrogens is 425 g/mol. The Balaban J connectivity index is 1.75. The molecule has 3 atom stereocenters. The predicted molar refractivity (Wildman–Crippen MR) is 117 cm³/mol. The molecular formula is C23H23Cl2NO4. The molecule has 2 aromatic carbocycles. The van der Waals surface area contributed by atoms with E-state index in [1.165, 1.54) is 0 Å². The number of rotatable bonds is 7. The minimum Gasteiger partial charge on any atom is -0.497 e. The Kier molecular flexibility index (Phi) is 7.40. The number of ether oxygens (including phenoxy) is 2. The van der Waals surface area contributed by atoms with Gasteiger partial charge in [0.1, 0.15) is 5.75 Å². The highest BCUT2D eigenvalue weighted by atomic mass is 35.5. The summed E-state index contributed by atoms with van der Waals surface area (Å²) in [5, 5.41) is 3.75. The molecule has 0 bridgehead atoms. The average molecular weight is 448 g/mol. The van der Waals surface area contributed by atoms with Crippen molar-refractivity contribution in [2.75, 3.05) is 13.7 Å². The Morgan fingerprint density at radius 3 is 2.53 bits per heavy atom. The van der Waals surface area contributed by atoms with Gasteiger partial charge in [0.2, 0.25) is 0 Å². The largest absolute Gasteiger partial charge is 0.497 e. The first-order valence-electron chi connectivity index (χ1n) is 9.67. The van der Waals surface area contributed by atoms with Crippen LogP contribution in [0.2, 0.25) is 10.0 Å². The number of benzene rings is 2. The van der Waals surface area contributed by atoms with Crippen LogP contribution in [0.5, 0.6) is 5.75 Å². The molecule has 30 heavy (non-hydrogen) atoms. The zero-order valence-electron chi connectivity index (χ0n) is 16.7. The van der Waals surface area contributed by atoms with Crippen LogP contribution in [0.3, 0.4) is 0 Å². The lowest BCUT2D eigenvalue weighted by atomic mass is 9.85. The molecule has 1 amide bonds. The van der Waals surface area contributed by atoms with Gasteiger partial charge in [-0.05, 0) is 55.2 Å². The fourth-order valence-electron chi connectivity index (χ4n) is 3.64. The van der Waals surface area contributed by atoms with E-state index in [4.69, 9.17) is 32.7 Å². The van der Waals surface area contributed by atoms with E-state index in [9.17, 15) is 9.59 Å². The molecule has 0 fully saturated rings. The molecule has 0 radical (unpaired) electrons. The Morgan fingerprint density at radius 1 is 1.13 bits per heavy atom. The number of nitrogens with one attached hydrogen (secondary N) is 1. The number of halogens is 2. The number of methoxy groups -OCH3 is 1. The van der Waals surface area contributed by atoms with Crippen molar-refractivity contribution in [2.24, 2.45) is 5.92 Å². The minimum absolute atomic E-state index is 0.121. The average Bonchev–Trinajstić information content (AvgIpc) is 3.15. The van der Waals surface area contributed by atoms with Crippen molar-refractivity contribution < 1.29 is 19.1 Å². The van der Waals surface area contributed by atoms with Gasteiger partial charge < -0.3 is 14.8 Å². The van der Waals surface area contributed by atoms with Gasteiger partial charge >= 0.3 is 5.97 Å². The molecule has 2 aromatic rings. The quantitative estimate of drug-likeness (QED) is 0.477. The number of hydrogen-bond acceptors (Lipinski definition) is 4. The first-order valence-corrected chi connectivity index (χ1v) is 10.4. The molecule has 1 aliphatic carbocycles. The molecule has 7 heteroatoms. The molecule has 158 valence electrons. The summed E-state index contributed by atoms with van der Waals surface area (Å²) in [6.07, 6.45) is 4.43. The van der Waals surface area contributed by atoms with Gasteiger partial charge in [-0.2, -0.15) is 0 Å². The molecule has 3 rings (SSSR count). The van der Waals surface area contributed by atoms with E-state index < -0.39 is 5.92 Å². The van der Waals surface area contributed by atoms with Crippen molar-refractivity contribution in [3.05, 3.63) is 75.8 Å². The third-order valence-electron chi connectivity index (χ3n) is 4.98. The molecule has 0 aliphatic heterocycles. The lowest BCUT2D eigenvalue weighted by Gasteiger charge is -2.23. The lowest BCUT2D eigenvalue weighted by molar-refractivity contribution is -0.146. The summed E-state index contributed by atoms with van der Waals surface area (Å²) >= 11 is 12.0. The van der Waals surface area contributed by atoms with E-state index in [-0.39, 0.29) is 23.8 Å². The van der Waals surface area contributed by atoms with Gasteiger partial charge in [-0.15, -0.1) is 0 Å². The SMILES string of the molecule is CCOC(=O)[C@H](c1cccc(OC)c1)[C@@H]1C=C[C@H](NC(=O)c2cc(Cl)cc(Cl)c2)C1. The summed E-state index contributed by atoms with van der Waals surface area (Å²) in [4.78, 5) is 25.3. The monoisotopic (exact) mass is 447 g/mol. The van der Waals surface area contributed by atoms with Gasteiger partial charge in [0.05, 0.1) is 19.6 Å². The third-order valence-corrected chi connectivity index (χ3v) is 5.42. The molecule has 1 aliphatic rings.